The molecule has 0 aliphatic heterocycles. The van der Waals surface area contributed by atoms with Gasteiger partial charge < -0.3 is 10.7 Å². The van der Waals surface area contributed by atoms with Crippen molar-refractivity contribution in [1.29, 1.82) is 5.26 Å². The van der Waals surface area contributed by atoms with Gasteiger partial charge in [0.25, 0.3) is 0 Å². The molecular formula is C11H12ClN3. The highest BCUT2D eigenvalue weighted by molar-refractivity contribution is 5.85. The van der Waals surface area contributed by atoms with Crippen LogP contribution in [-0.4, -0.2) is 4.98 Å². The SMILES string of the molecule is Cl.N#CC[C@H](N)c1ccc2[nH]ccc2c1. The lowest BCUT2D eigenvalue weighted by atomic mass is 10.0. The molecule has 4 heteroatoms. The Morgan fingerprint density at radius 3 is 2.93 bits per heavy atom. The fourth-order valence-electron chi connectivity index (χ4n) is 1.52. The second kappa shape index (κ2) is 4.83. The van der Waals surface area contributed by atoms with E-state index in [1.54, 1.807) is 0 Å². The van der Waals surface area contributed by atoms with E-state index < -0.39 is 0 Å². The summed E-state index contributed by atoms with van der Waals surface area (Å²) in [5, 5.41) is 9.67. The van der Waals surface area contributed by atoms with Crippen LogP contribution in [0.3, 0.4) is 0 Å². The van der Waals surface area contributed by atoms with Gasteiger partial charge in [-0.3, -0.25) is 0 Å². The van der Waals surface area contributed by atoms with Crippen molar-refractivity contribution in [2.45, 2.75) is 12.5 Å². The lowest BCUT2D eigenvalue weighted by molar-refractivity contribution is 0.750. The quantitative estimate of drug-likeness (QED) is 0.818. The zero-order chi connectivity index (χ0) is 9.97. The standard InChI is InChI=1S/C11H11N3.ClH/c12-5-3-10(13)8-1-2-11-9(7-8)4-6-14-11;/h1-2,4,6-7,10,14H,3,13H2;1H/t10-;/m0./s1. The number of benzene rings is 1. The molecule has 3 N–H and O–H groups in total. The molecule has 2 rings (SSSR count). The van der Waals surface area contributed by atoms with Crippen LogP contribution in [0.15, 0.2) is 30.5 Å². The predicted octanol–water partition coefficient (Wildman–Crippen LogP) is 2.50. The number of nitrogens with one attached hydrogen (secondary N) is 1. The zero-order valence-electron chi connectivity index (χ0n) is 8.10. The molecule has 2 aromatic rings. The van der Waals surface area contributed by atoms with E-state index in [1.165, 1.54) is 0 Å². The molecule has 0 radical (unpaired) electrons. The summed E-state index contributed by atoms with van der Waals surface area (Å²) in [6.45, 7) is 0. The van der Waals surface area contributed by atoms with E-state index in [9.17, 15) is 0 Å². The Morgan fingerprint density at radius 1 is 1.40 bits per heavy atom. The molecule has 0 aliphatic rings. The second-order valence-corrected chi connectivity index (χ2v) is 3.29. The average molecular weight is 222 g/mol. The highest BCUT2D eigenvalue weighted by atomic mass is 35.5. The number of nitrogens with zero attached hydrogens (tertiary/aromatic N) is 1. The Bertz CT molecular complexity index is 484. The van der Waals surface area contributed by atoms with Crippen molar-refractivity contribution in [3.05, 3.63) is 36.0 Å². The van der Waals surface area contributed by atoms with Gasteiger partial charge in [0.05, 0.1) is 12.5 Å². The van der Waals surface area contributed by atoms with Crippen LogP contribution >= 0.6 is 12.4 Å². The lowest BCUT2D eigenvalue weighted by Crippen LogP contribution is -2.08. The van der Waals surface area contributed by atoms with Gasteiger partial charge >= 0.3 is 0 Å². The van der Waals surface area contributed by atoms with Crippen LogP contribution in [0.5, 0.6) is 0 Å². The van der Waals surface area contributed by atoms with Gasteiger partial charge in [0.2, 0.25) is 0 Å². The fourth-order valence-corrected chi connectivity index (χ4v) is 1.52. The van der Waals surface area contributed by atoms with Crippen molar-refractivity contribution in [1.82, 2.24) is 4.98 Å². The number of halogens is 1. The first-order valence-corrected chi connectivity index (χ1v) is 4.51. The fraction of sp³-hybridized carbons (Fsp3) is 0.182. The minimum absolute atomic E-state index is 0. The van der Waals surface area contributed by atoms with Crippen LogP contribution in [-0.2, 0) is 0 Å². The summed E-state index contributed by atoms with van der Waals surface area (Å²) in [6, 6.07) is 9.86. The molecule has 0 fully saturated rings. The van der Waals surface area contributed by atoms with E-state index >= 15 is 0 Å². The number of aromatic nitrogens is 1. The van der Waals surface area contributed by atoms with Gasteiger partial charge in [-0.05, 0) is 29.1 Å². The molecule has 15 heavy (non-hydrogen) atoms. The van der Waals surface area contributed by atoms with Crippen molar-refractivity contribution in [3.8, 4) is 6.07 Å². The maximum absolute atomic E-state index is 8.54. The molecule has 0 saturated heterocycles. The molecule has 0 unspecified atom stereocenters. The Hall–Kier alpha value is -1.50. The van der Waals surface area contributed by atoms with E-state index in [-0.39, 0.29) is 18.4 Å². The first-order chi connectivity index (χ1) is 6.81. The number of H-pyrrole nitrogens is 1. The zero-order valence-corrected chi connectivity index (χ0v) is 8.92. The van der Waals surface area contributed by atoms with E-state index in [4.69, 9.17) is 11.0 Å². The second-order valence-electron chi connectivity index (χ2n) is 3.29. The molecule has 1 aromatic carbocycles. The normalized spacial score (nSPS) is 11.7. The summed E-state index contributed by atoms with van der Waals surface area (Å²) in [5.41, 5.74) is 7.94. The Balaban J connectivity index is 0.00000112. The monoisotopic (exact) mass is 221 g/mol. The number of aromatic amines is 1. The third-order valence-corrected chi connectivity index (χ3v) is 2.32. The van der Waals surface area contributed by atoms with Gasteiger partial charge in [0, 0.05) is 17.8 Å². The predicted molar refractivity (Wildman–Crippen MR) is 62.7 cm³/mol. The summed E-state index contributed by atoms with van der Waals surface area (Å²) in [5.74, 6) is 0. The molecule has 1 aromatic heterocycles. The number of hydrogen-bond donors (Lipinski definition) is 2. The Kier molecular flexibility index (Phi) is 3.73. The summed E-state index contributed by atoms with van der Waals surface area (Å²) in [7, 11) is 0. The Morgan fingerprint density at radius 2 is 2.20 bits per heavy atom. The van der Waals surface area contributed by atoms with Crippen LogP contribution in [0.1, 0.15) is 18.0 Å². The summed E-state index contributed by atoms with van der Waals surface area (Å²) < 4.78 is 0. The molecule has 0 aliphatic carbocycles. The van der Waals surface area contributed by atoms with Crippen molar-refractivity contribution < 1.29 is 0 Å². The van der Waals surface area contributed by atoms with Crippen molar-refractivity contribution in [2.75, 3.05) is 0 Å². The van der Waals surface area contributed by atoms with Gasteiger partial charge in [-0.1, -0.05) is 6.07 Å². The highest BCUT2D eigenvalue weighted by Gasteiger charge is 2.05. The number of nitrogens with two attached hydrogens (primary N) is 1. The smallest absolute Gasteiger partial charge is 0.0641 e. The first-order valence-electron chi connectivity index (χ1n) is 4.51. The topological polar surface area (TPSA) is 65.6 Å². The van der Waals surface area contributed by atoms with E-state index in [0.29, 0.717) is 6.42 Å². The van der Waals surface area contributed by atoms with Crippen LogP contribution < -0.4 is 5.73 Å². The van der Waals surface area contributed by atoms with Gasteiger partial charge in [0.15, 0.2) is 0 Å². The molecule has 0 spiro atoms. The lowest BCUT2D eigenvalue weighted by Gasteiger charge is -2.07. The van der Waals surface area contributed by atoms with Gasteiger partial charge in [-0.15, -0.1) is 12.4 Å². The number of fused-ring (bicyclic) bond motifs is 1. The maximum atomic E-state index is 8.54. The van der Waals surface area contributed by atoms with Gasteiger partial charge in [-0.25, -0.2) is 0 Å². The Labute approximate surface area is 94.3 Å². The van der Waals surface area contributed by atoms with Crippen LogP contribution in [0.25, 0.3) is 10.9 Å². The van der Waals surface area contributed by atoms with Gasteiger partial charge in [0.1, 0.15) is 0 Å². The molecule has 78 valence electrons. The minimum atomic E-state index is -0.181. The third-order valence-electron chi connectivity index (χ3n) is 2.32. The van der Waals surface area contributed by atoms with Gasteiger partial charge in [-0.2, -0.15) is 5.26 Å². The molecule has 0 amide bonds. The molecular weight excluding hydrogens is 210 g/mol. The van der Waals surface area contributed by atoms with E-state index in [2.05, 4.69) is 11.1 Å². The number of hydrogen-bond acceptors (Lipinski definition) is 2. The largest absolute Gasteiger partial charge is 0.361 e. The maximum Gasteiger partial charge on any atom is 0.0641 e. The summed E-state index contributed by atoms with van der Waals surface area (Å²) >= 11 is 0. The van der Waals surface area contributed by atoms with E-state index in [0.717, 1.165) is 16.5 Å². The summed E-state index contributed by atoms with van der Waals surface area (Å²) in [6.07, 6.45) is 2.25. The van der Waals surface area contributed by atoms with Crippen LogP contribution in [0.2, 0.25) is 0 Å². The van der Waals surface area contributed by atoms with E-state index in [1.807, 2.05) is 30.5 Å². The highest BCUT2D eigenvalue weighted by Crippen LogP contribution is 2.19. The van der Waals surface area contributed by atoms with Crippen LogP contribution in [0.4, 0.5) is 0 Å². The first kappa shape index (κ1) is 11.6. The van der Waals surface area contributed by atoms with Crippen LogP contribution in [0, 0.1) is 11.3 Å². The number of nitriles is 1. The van der Waals surface area contributed by atoms with Crippen molar-refractivity contribution >= 4 is 23.3 Å². The minimum Gasteiger partial charge on any atom is -0.361 e. The molecule has 0 saturated carbocycles. The third kappa shape index (κ3) is 2.30. The number of rotatable bonds is 2. The average Bonchev–Trinajstić information content (AvgIpc) is 2.64. The molecule has 1 heterocycles. The van der Waals surface area contributed by atoms with Crippen molar-refractivity contribution in [3.63, 3.8) is 0 Å². The van der Waals surface area contributed by atoms with Crippen molar-refractivity contribution in [2.24, 2.45) is 5.73 Å². The summed E-state index contributed by atoms with van der Waals surface area (Å²) in [4.78, 5) is 3.11. The molecule has 3 nitrogen and oxygen atoms in total. The molecule has 0 bridgehead atoms. The molecule has 1 atom stereocenters.